The summed E-state index contributed by atoms with van der Waals surface area (Å²) in [6.45, 7) is 0. The summed E-state index contributed by atoms with van der Waals surface area (Å²) in [5, 5.41) is 0.969. The van der Waals surface area contributed by atoms with E-state index in [9.17, 15) is 0 Å². The molecule has 4 heteroatoms. The Morgan fingerprint density at radius 1 is 1.19 bits per heavy atom. The first-order chi connectivity index (χ1) is 7.84. The number of fused-ring (bicyclic) bond motifs is 1. The van der Waals surface area contributed by atoms with E-state index in [0.717, 1.165) is 26.8 Å². The monoisotopic (exact) mass is 273 g/mol. The molecule has 0 N–H and O–H groups in total. The zero-order valence-electron chi connectivity index (χ0n) is 8.14. The van der Waals surface area contributed by atoms with Crippen molar-refractivity contribution >= 4 is 26.8 Å². The molecule has 2 heterocycles. The smallest absolute Gasteiger partial charge is 0.170 e. The van der Waals surface area contributed by atoms with E-state index in [0.29, 0.717) is 0 Å². The molecule has 16 heavy (non-hydrogen) atoms. The van der Waals surface area contributed by atoms with Crippen LogP contribution < -0.4 is 0 Å². The molecule has 3 nitrogen and oxygen atoms in total. The number of furan rings is 1. The van der Waals surface area contributed by atoms with E-state index in [-0.39, 0.29) is 0 Å². The van der Waals surface area contributed by atoms with E-state index in [1.807, 2.05) is 24.3 Å². The van der Waals surface area contributed by atoms with Crippen molar-refractivity contribution in [3.63, 3.8) is 0 Å². The van der Waals surface area contributed by atoms with Crippen LogP contribution in [-0.2, 0) is 0 Å². The number of aromatic nitrogens is 2. The van der Waals surface area contributed by atoms with Gasteiger partial charge in [-0.25, -0.2) is 9.97 Å². The fraction of sp³-hybridized carbons (Fsp3) is 0. The summed E-state index contributed by atoms with van der Waals surface area (Å²) in [6, 6.07) is 9.52. The van der Waals surface area contributed by atoms with Crippen LogP contribution in [0.5, 0.6) is 0 Å². The molecule has 3 rings (SSSR count). The molecule has 0 bridgehead atoms. The van der Waals surface area contributed by atoms with E-state index >= 15 is 0 Å². The minimum atomic E-state index is 0.787. The lowest BCUT2D eigenvalue weighted by molar-refractivity contribution is 0.573. The van der Waals surface area contributed by atoms with E-state index in [4.69, 9.17) is 4.42 Å². The maximum absolute atomic E-state index is 5.23. The summed E-state index contributed by atoms with van der Waals surface area (Å²) in [5.41, 5.74) is 1.89. The topological polar surface area (TPSA) is 38.9 Å². The van der Waals surface area contributed by atoms with Crippen LogP contribution >= 0.6 is 15.9 Å². The van der Waals surface area contributed by atoms with Crippen molar-refractivity contribution in [3.05, 3.63) is 47.5 Å². The molecule has 1 aromatic carbocycles. The van der Waals surface area contributed by atoms with E-state index in [2.05, 4.69) is 32.2 Å². The summed E-state index contributed by atoms with van der Waals surface area (Å²) in [6.07, 6.45) is 4.21. The van der Waals surface area contributed by atoms with Crippen molar-refractivity contribution in [1.29, 1.82) is 0 Å². The van der Waals surface area contributed by atoms with Gasteiger partial charge in [-0.1, -0.05) is 0 Å². The van der Waals surface area contributed by atoms with Gasteiger partial charge in [0.1, 0.15) is 16.7 Å². The maximum atomic E-state index is 5.23. The summed E-state index contributed by atoms with van der Waals surface area (Å²) in [5.74, 6) is 0.789. The van der Waals surface area contributed by atoms with Crippen LogP contribution in [0.3, 0.4) is 0 Å². The molecule has 0 saturated carbocycles. The second-order valence-corrected chi connectivity index (χ2v) is 4.07. The molecule has 0 saturated heterocycles. The van der Waals surface area contributed by atoms with Crippen molar-refractivity contribution in [3.8, 4) is 11.3 Å². The molecular weight excluding hydrogens is 268 g/mol. The van der Waals surface area contributed by atoms with E-state index in [1.165, 1.54) is 6.33 Å². The predicted molar refractivity (Wildman–Crippen MR) is 63.8 cm³/mol. The summed E-state index contributed by atoms with van der Waals surface area (Å²) < 4.78 is 6.01. The highest BCUT2D eigenvalue weighted by molar-refractivity contribution is 9.10. The first kappa shape index (κ1) is 9.54. The zero-order valence-corrected chi connectivity index (χ0v) is 9.73. The second kappa shape index (κ2) is 3.72. The molecule has 0 fully saturated rings. The average Bonchev–Trinajstić information content (AvgIpc) is 2.83. The number of hydrogen-bond donors (Lipinski definition) is 0. The van der Waals surface area contributed by atoms with Gasteiger partial charge < -0.3 is 4.42 Å². The van der Waals surface area contributed by atoms with Crippen LogP contribution in [0, 0.1) is 6.26 Å². The summed E-state index contributed by atoms with van der Waals surface area (Å²) in [7, 11) is 0. The number of rotatable bonds is 1. The highest BCUT2D eigenvalue weighted by Crippen LogP contribution is 2.26. The van der Waals surface area contributed by atoms with Crippen LogP contribution in [0.1, 0.15) is 0 Å². The van der Waals surface area contributed by atoms with Gasteiger partial charge >= 0.3 is 0 Å². The van der Waals surface area contributed by atoms with E-state index < -0.39 is 0 Å². The molecule has 0 aliphatic carbocycles. The molecule has 0 amide bonds. The van der Waals surface area contributed by atoms with Crippen molar-refractivity contribution in [2.24, 2.45) is 0 Å². The molecule has 0 aliphatic rings. The number of nitrogens with zero attached hydrogens (tertiary/aromatic N) is 2. The third kappa shape index (κ3) is 1.51. The Morgan fingerprint density at radius 2 is 2.12 bits per heavy atom. The Hall–Kier alpha value is -1.68. The normalized spacial score (nSPS) is 10.8. The number of halogens is 1. The van der Waals surface area contributed by atoms with Gasteiger partial charge in [-0.2, -0.15) is 0 Å². The molecule has 0 spiro atoms. The molecule has 0 unspecified atom stereocenters. The largest absolute Gasteiger partial charge is 0.453 e. The van der Waals surface area contributed by atoms with Crippen LogP contribution in [0.2, 0.25) is 0 Å². The van der Waals surface area contributed by atoms with Gasteiger partial charge in [-0.3, -0.25) is 0 Å². The van der Waals surface area contributed by atoms with E-state index in [1.54, 1.807) is 6.07 Å². The van der Waals surface area contributed by atoms with Crippen LogP contribution in [-0.4, -0.2) is 9.97 Å². The van der Waals surface area contributed by atoms with Gasteiger partial charge in [0.25, 0.3) is 0 Å². The number of benzene rings is 1. The molecule has 0 atom stereocenters. The molecule has 1 radical (unpaired) electrons. The van der Waals surface area contributed by atoms with Gasteiger partial charge in [0.15, 0.2) is 6.26 Å². The fourth-order valence-electron chi connectivity index (χ4n) is 1.57. The van der Waals surface area contributed by atoms with Gasteiger partial charge in [0.2, 0.25) is 0 Å². The third-order valence-corrected chi connectivity index (χ3v) is 2.97. The highest BCUT2D eigenvalue weighted by atomic mass is 79.9. The van der Waals surface area contributed by atoms with Gasteiger partial charge in [0.05, 0.1) is 5.52 Å². The molecule has 77 valence electrons. The average molecular weight is 274 g/mol. The second-order valence-electron chi connectivity index (χ2n) is 3.31. The van der Waals surface area contributed by atoms with Crippen molar-refractivity contribution in [2.75, 3.05) is 0 Å². The Morgan fingerprint density at radius 3 is 2.94 bits per heavy atom. The lowest BCUT2D eigenvalue weighted by atomic mass is 10.1. The number of hydrogen-bond acceptors (Lipinski definition) is 3. The molecule has 0 aliphatic heterocycles. The van der Waals surface area contributed by atoms with Gasteiger partial charge in [0, 0.05) is 10.9 Å². The van der Waals surface area contributed by atoms with Crippen molar-refractivity contribution in [2.45, 2.75) is 0 Å². The molecular formula is C12H6BrN2O. The van der Waals surface area contributed by atoms with Crippen molar-refractivity contribution in [1.82, 2.24) is 9.97 Å². The quantitative estimate of drug-likeness (QED) is 0.638. The van der Waals surface area contributed by atoms with Crippen molar-refractivity contribution < 1.29 is 4.42 Å². The van der Waals surface area contributed by atoms with Crippen LogP contribution in [0.25, 0.3) is 22.2 Å². The standard InChI is InChI=1S/C12H6BrN2O/c13-12-9-6-8(11-2-1-5-16-11)3-4-10(9)14-7-15-12/h1-4,6-7H. The third-order valence-electron chi connectivity index (χ3n) is 2.34. The zero-order chi connectivity index (χ0) is 11.0. The van der Waals surface area contributed by atoms with Crippen LogP contribution in [0.15, 0.2) is 45.7 Å². The Balaban J connectivity index is 2.27. The lowest BCUT2D eigenvalue weighted by Gasteiger charge is -2.01. The first-order valence-corrected chi connectivity index (χ1v) is 5.50. The van der Waals surface area contributed by atoms with Gasteiger partial charge in [-0.05, 0) is 46.3 Å². The Labute approximate surface area is 100 Å². The fourth-order valence-corrected chi connectivity index (χ4v) is 1.98. The van der Waals surface area contributed by atoms with Gasteiger partial charge in [-0.15, -0.1) is 0 Å². The Kier molecular flexibility index (Phi) is 2.22. The Bertz CT molecular complexity index is 635. The summed E-state index contributed by atoms with van der Waals surface area (Å²) in [4.78, 5) is 8.28. The minimum absolute atomic E-state index is 0.787. The van der Waals surface area contributed by atoms with Crippen LogP contribution in [0.4, 0.5) is 0 Å². The maximum Gasteiger partial charge on any atom is 0.170 e. The minimum Gasteiger partial charge on any atom is -0.453 e. The first-order valence-electron chi connectivity index (χ1n) is 4.71. The SMILES string of the molecule is Brc1ncnc2ccc(-c3cc[c]o3)cc12. The molecule has 3 aromatic rings. The summed E-state index contributed by atoms with van der Waals surface area (Å²) >= 11 is 3.40. The highest BCUT2D eigenvalue weighted by Gasteiger charge is 2.05. The molecule has 2 aromatic heterocycles. The lowest BCUT2D eigenvalue weighted by Crippen LogP contribution is -1.84. The predicted octanol–water partition coefficient (Wildman–Crippen LogP) is 3.45.